The lowest BCUT2D eigenvalue weighted by Crippen LogP contribution is -2.19. The predicted molar refractivity (Wildman–Crippen MR) is 60.9 cm³/mol. The lowest BCUT2D eigenvalue weighted by atomic mass is 10.0. The molecule has 0 aromatic heterocycles. The molecule has 0 radical (unpaired) electrons. The Morgan fingerprint density at radius 2 is 2.07 bits per heavy atom. The first kappa shape index (κ1) is 12.5. The minimum Gasteiger partial charge on any atom is -0.389 e. The fourth-order valence-corrected chi connectivity index (χ4v) is 1.75. The normalized spacial score (nSPS) is 14.3. The van der Waals surface area contributed by atoms with Gasteiger partial charge in [-0.2, -0.15) is 5.26 Å². The van der Waals surface area contributed by atoms with Gasteiger partial charge in [-0.3, -0.25) is 0 Å². The van der Waals surface area contributed by atoms with Gasteiger partial charge in [0.25, 0.3) is 0 Å². The molecule has 0 bridgehead atoms. The Hall–Kier alpha value is -0.600. The minimum atomic E-state index is -1.05. The molecule has 5 heteroatoms. The number of alkyl halides is 1. The second-order valence-corrected chi connectivity index (χ2v) is 4.14. The van der Waals surface area contributed by atoms with Gasteiger partial charge in [0, 0.05) is 10.4 Å². The first-order valence-corrected chi connectivity index (χ1v) is 5.71. The number of rotatable bonds is 3. The number of aliphatic hydroxyl groups is 2. The molecule has 0 saturated carbocycles. The maximum absolute atomic E-state index is 9.69. The quantitative estimate of drug-likeness (QED) is 0.837. The van der Waals surface area contributed by atoms with Crippen LogP contribution in [0.1, 0.15) is 17.2 Å². The number of hydrogen-bond donors (Lipinski definition) is 2. The molecule has 0 amide bonds. The van der Waals surface area contributed by atoms with Gasteiger partial charge in [0.05, 0.1) is 17.7 Å². The van der Waals surface area contributed by atoms with E-state index in [1.807, 2.05) is 6.07 Å². The van der Waals surface area contributed by atoms with Gasteiger partial charge in [-0.1, -0.05) is 27.5 Å². The van der Waals surface area contributed by atoms with Crippen molar-refractivity contribution < 1.29 is 10.2 Å². The van der Waals surface area contributed by atoms with E-state index >= 15 is 0 Å². The third kappa shape index (κ3) is 3.18. The lowest BCUT2D eigenvalue weighted by Gasteiger charge is -2.16. The Morgan fingerprint density at radius 1 is 1.40 bits per heavy atom. The van der Waals surface area contributed by atoms with Gasteiger partial charge in [0.15, 0.2) is 0 Å². The van der Waals surface area contributed by atoms with Gasteiger partial charge in [0.2, 0.25) is 0 Å². The van der Waals surface area contributed by atoms with Crippen molar-refractivity contribution in [3.63, 3.8) is 0 Å². The highest BCUT2D eigenvalue weighted by Crippen LogP contribution is 2.23. The molecule has 0 fully saturated rings. The summed E-state index contributed by atoms with van der Waals surface area (Å²) in [5, 5.41) is 28.4. The molecule has 0 aliphatic heterocycles. The molecule has 2 atom stereocenters. The van der Waals surface area contributed by atoms with E-state index in [2.05, 4.69) is 15.9 Å². The summed E-state index contributed by atoms with van der Waals surface area (Å²) in [7, 11) is 0. The summed E-state index contributed by atoms with van der Waals surface area (Å²) in [4.78, 5) is 0. The second kappa shape index (κ2) is 5.47. The molecule has 1 aromatic carbocycles. The van der Waals surface area contributed by atoms with E-state index in [1.165, 1.54) is 18.2 Å². The zero-order valence-corrected chi connectivity index (χ0v) is 10.0. The van der Waals surface area contributed by atoms with E-state index in [9.17, 15) is 10.2 Å². The average Bonchev–Trinajstić information content (AvgIpc) is 2.26. The van der Waals surface area contributed by atoms with Crippen molar-refractivity contribution in [2.24, 2.45) is 0 Å². The lowest BCUT2D eigenvalue weighted by molar-refractivity contribution is 0.0343. The summed E-state index contributed by atoms with van der Waals surface area (Å²) in [6.45, 7) is 0. The second-order valence-electron chi connectivity index (χ2n) is 3.05. The topological polar surface area (TPSA) is 64.2 Å². The maximum atomic E-state index is 9.69. The van der Waals surface area contributed by atoms with Gasteiger partial charge in [0.1, 0.15) is 6.10 Å². The van der Waals surface area contributed by atoms with Gasteiger partial charge in [-0.05, 0) is 23.8 Å². The molecule has 0 aliphatic rings. The summed E-state index contributed by atoms with van der Waals surface area (Å²) < 4.78 is 0. The molecule has 0 aliphatic carbocycles. The van der Waals surface area contributed by atoms with Crippen molar-refractivity contribution >= 4 is 27.5 Å². The molecule has 1 aromatic rings. The number of nitriles is 1. The number of halogens is 2. The van der Waals surface area contributed by atoms with Crippen LogP contribution in [-0.4, -0.2) is 21.6 Å². The van der Waals surface area contributed by atoms with Crippen LogP contribution in [0.3, 0.4) is 0 Å². The van der Waals surface area contributed by atoms with Crippen LogP contribution in [0.5, 0.6) is 0 Å². The van der Waals surface area contributed by atoms with Crippen molar-refractivity contribution in [1.82, 2.24) is 0 Å². The van der Waals surface area contributed by atoms with E-state index in [1.54, 1.807) is 0 Å². The number of benzene rings is 1. The Balaban J connectivity index is 3.04. The van der Waals surface area contributed by atoms with E-state index < -0.39 is 12.2 Å². The third-order valence-corrected chi connectivity index (χ3v) is 2.79. The van der Waals surface area contributed by atoms with Crippen LogP contribution in [0.25, 0.3) is 0 Å². The zero-order valence-electron chi connectivity index (χ0n) is 7.69. The maximum Gasteiger partial charge on any atom is 0.106 e. The largest absolute Gasteiger partial charge is 0.389 e. The van der Waals surface area contributed by atoms with Gasteiger partial charge >= 0.3 is 0 Å². The van der Waals surface area contributed by atoms with Gasteiger partial charge in [-0.15, -0.1) is 0 Å². The Morgan fingerprint density at radius 3 is 2.60 bits per heavy atom. The molecule has 1 rings (SSSR count). The first-order valence-electron chi connectivity index (χ1n) is 4.21. The van der Waals surface area contributed by atoms with Crippen LogP contribution in [-0.2, 0) is 0 Å². The summed E-state index contributed by atoms with van der Waals surface area (Å²) in [5.74, 6) is 0. The summed E-state index contributed by atoms with van der Waals surface area (Å²) >= 11 is 8.82. The molecular weight excluding hydrogens is 281 g/mol. The van der Waals surface area contributed by atoms with Crippen molar-refractivity contribution in [3.8, 4) is 6.07 Å². The summed E-state index contributed by atoms with van der Waals surface area (Å²) in [6, 6.07) is 6.46. The smallest absolute Gasteiger partial charge is 0.106 e. The van der Waals surface area contributed by atoms with Crippen molar-refractivity contribution in [1.29, 1.82) is 5.26 Å². The zero-order chi connectivity index (χ0) is 11.4. The average molecular weight is 291 g/mol. The first-order chi connectivity index (χ1) is 7.08. The monoisotopic (exact) mass is 289 g/mol. The van der Waals surface area contributed by atoms with Crippen LogP contribution in [0.15, 0.2) is 18.2 Å². The predicted octanol–water partition coefficient (Wildman–Crippen LogP) is 2.00. The molecule has 15 heavy (non-hydrogen) atoms. The molecular formula is C10H9BrClNO2. The molecule has 2 N–H and O–H groups in total. The van der Waals surface area contributed by atoms with Crippen LogP contribution in [0.2, 0.25) is 5.02 Å². The molecule has 2 unspecified atom stereocenters. The molecule has 0 spiro atoms. The van der Waals surface area contributed by atoms with Gasteiger partial charge in [-0.25, -0.2) is 0 Å². The fourth-order valence-electron chi connectivity index (χ4n) is 1.15. The highest BCUT2D eigenvalue weighted by Gasteiger charge is 2.17. The summed E-state index contributed by atoms with van der Waals surface area (Å²) in [5.41, 5.74) is 0.796. The van der Waals surface area contributed by atoms with Crippen LogP contribution in [0, 0.1) is 11.3 Å². The van der Waals surface area contributed by atoms with E-state index in [-0.39, 0.29) is 5.33 Å². The van der Waals surface area contributed by atoms with Crippen molar-refractivity contribution in [3.05, 3.63) is 34.3 Å². The molecule has 3 nitrogen and oxygen atoms in total. The minimum absolute atomic E-state index is 0.253. The highest BCUT2D eigenvalue weighted by molar-refractivity contribution is 9.09. The van der Waals surface area contributed by atoms with Crippen LogP contribution in [0.4, 0.5) is 0 Å². The number of hydrogen-bond acceptors (Lipinski definition) is 3. The molecule has 0 heterocycles. The van der Waals surface area contributed by atoms with Gasteiger partial charge < -0.3 is 10.2 Å². The Labute approximate surface area is 101 Å². The Kier molecular flexibility index (Phi) is 4.55. The van der Waals surface area contributed by atoms with E-state index in [0.717, 1.165) is 0 Å². The SMILES string of the molecule is N#Cc1cc(Cl)cc(C(O)C(O)CBr)c1. The van der Waals surface area contributed by atoms with E-state index in [4.69, 9.17) is 16.9 Å². The molecule has 0 saturated heterocycles. The van der Waals surface area contributed by atoms with Crippen molar-refractivity contribution in [2.75, 3.05) is 5.33 Å². The van der Waals surface area contributed by atoms with Crippen LogP contribution >= 0.6 is 27.5 Å². The highest BCUT2D eigenvalue weighted by atomic mass is 79.9. The van der Waals surface area contributed by atoms with Crippen molar-refractivity contribution in [2.45, 2.75) is 12.2 Å². The number of aliphatic hydroxyl groups excluding tert-OH is 2. The molecule has 80 valence electrons. The summed E-state index contributed by atoms with van der Waals surface area (Å²) in [6.07, 6.45) is -1.97. The fraction of sp³-hybridized carbons (Fsp3) is 0.300. The standard InChI is InChI=1S/C10H9BrClNO2/c11-4-9(14)10(15)7-1-6(5-13)2-8(12)3-7/h1-3,9-10,14-15H,4H2. The number of nitrogens with zero attached hydrogens (tertiary/aromatic N) is 1. The van der Waals surface area contributed by atoms with E-state index in [0.29, 0.717) is 16.1 Å². The van der Waals surface area contributed by atoms with Crippen LogP contribution < -0.4 is 0 Å². The third-order valence-electron chi connectivity index (χ3n) is 1.91. The Bertz CT molecular complexity index is 391.